The van der Waals surface area contributed by atoms with Crippen molar-refractivity contribution in [3.8, 4) is 0 Å². The molecular formula is C18H19ClF3N5O. The van der Waals surface area contributed by atoms with Crippen molar-refractivity contribution < 1.29 is 18.3 Å². The molecule has 0 aliphatic carbocycles. The summed E-state index contributed by atoms with van der Waals surface area (Å²) in [4.78, 5) is 10.0. The van der Waals surface area contributed by atoms with Gasteiger partial charge in [-0.15, -0.1) is 0 Å². The van der Waals surface area contributed by atoms with E-state index in [-0.39, 0.29) is 22.7 Å². The molecule has 6 nitrogen and oxygen atoms in total. The van der Waals surface area contributed by atoms with E-state index in [4.69, 9.17) is 17.0 Å². The standard InChI is InChI=1S/C18H19ClF3N5O/c1-17(2,28)11-8-27(9-11)15-13(7-23)14(25-16(19)26-15)24-12-5-3-4-10(6-12)18(20,21)22/h3-7,11,23,28H,8-9H2,1-2H3,(H,24,25,26). The zero-order valence-electron chi connectivity index (χ0n) is 15.2. The summed E-state index contributed by atoms with van der Waals surface area (Å²) in [5.41, 5.74) is -1.19. The number of hydrogen-bond donors (Lipinski definition) is 3. The van der Waals surface area contributed by atoms with Crippen LogP contribution in [0.15, 0.2) is 24.3 Å². The van der Waals surface area contributed by atoms with Crippen molar-refractivity contribution in [1.82, 2.24) is 9.97 Å². The first-order chi connectivity index (χ1) is 13.0. The molecule has 1 aromatic heterocycles. The molecular weight excluding hydrogens is 395 g/mol. The van der Waals surface area contributed by atoms with Crippen LogP contribution in [0.5, 0.6) is 0 Å². The van der Waals surface area contributed by atoms with E-state index in [0.717, 1.165) is 18.3 Å². The van der Waals surface area contributed by atoms with Crippen molar-refractivity contribution in [3.05, 3.63) is 40.7 Å². The molecule has 3 rings (SSSR count). The third kappa shape index (κ3) is 4.20. The Labute approximate surface area is 164 Å². The van der Waals surface area contributed by atoms with Crippen LogP contribution in [0.25, 0.3) is 0 Å². The topological polar surface area (TPSA) is 85.1 Å². The van der Waals surface area contributed by atoms with Gasteiger partial charge in [0.15, 0.2) is 0 Å². The van der Waals surface area contributed by atoms with E-state index in [1.807, 2.05) is 4.90 Å². The lowest BCUT2D eigenvalue weighted by atomic mass is 9.84. The van der Waals surface area contributed by atoms with Gasteiger partial charge in [0.2, 0.25) is 5.28 Å². The van der Waals surface area contributed by atoms with Crippen LogP contribution in [-0.4, -0.2) is 40.0 Å². The fourth-order valence-corrected chi connectivity index (χ4v) is 3.07. The first-order valence-corrected chi connectivity index (χ1v) is 8.86. The van der Waals surface area contributed by atoms with E-state index in [0.29, 0.717) is 24.5 Å². The average molecular weight is 414 g/mol. The highest BCUT2D eigenvalue weighted by atomic mass is 35.5. The van der Waals surface area contributed by atoms with Crippen molar-refractivity contribution in [2.45, 2.75) is 25.6 Å². The third-order valence-electron chi connectivity index (χ3n) is 4.68. The highest BCUT2D eigenvalue weighted by Gasteiger charge is 2.39. The summed E-state index contributed by atoms with van der Waals surface area (Å²) >= 11 is 6.01. The molecule has 1 aliphatic heterocycles. The summed E-state index contributed by atoms with van der Waals surface area (Å²) in [7, 11) is 0. The van der Waals surface area contributed by atoms with E-state index in [1.54, 1.807) is 13.8 Å². The Morgan fingerprint density at radius 2 is 1.96 bits per heavy atom. The second-order valence-electron chi connectivity index (χ2n) is 7.18. The molecule has 0 bridgehead atoms. The molecule has 2 heterocycles. The Morgan fingerprint density at radius 1 is 1.29 bits per heavy atom. The second-order valence-corrected chi connectivity index (χ2v) is 7.52. The maximum Gasteiger partial charge on any atom is 0.416 e. The molecule has 0 saturated carbocycles. The molecule has 2 aromatic rings. The monoisotopic (exact) mass is 413 g/mol. The van der Waals surface area contributed by atoms with Gasteiger partial charge in [-0.05, 0) is 43.6 Å². The van der Waals surface area contributed by atoms with Gasteiger partial charge in [0.25, 0.3) is 0 Å². The van der Waals surface area contributed by atoms with Crippen molar-refractivity contribution in [1.29, 1.82) is 5.41 Å². The van der Waals surface area contributed by atoms with Crippen LogP contribution in [0, 0.1) is 11.3 Å². The van der Waals surface area contributed by atoms with E-state index < -0.39 is 17.3 Å². The molecule has 3 N–H and O–H groups in total. The van der Waals surface area contributed by atoms with E-state index in [2.05, 4.69) is 15.3 Å². The van der Waals surface area contributed by atoms with Gasteiger partial charge in [-0.1, -0.05) is 6.07 Å². The van der Waals surface area contributed by atoms with Gasteiger partial charge >= 0.3 is 6.18 Å². The summed E-state index contributed by atoms with van der Waals surface area (Å²) in [5, 5.41) is 20.5. The molecule has 0 radical (unpaired) electrons. The lowest BCUT2D eigenvalue weighted by molar-refractivity contribution is -0.137. The van der Waals surface area contributed by atoms with Gasteiger partial charge in [0, 0.05) is 30.9 Å². The molecule has 0 unspecified atom stereocenters. The number of rotatable bonds is 5. The van der Waals surface area contributed by atoms with E-state index in [1.165, 1.54) is 12.1 Å². The molecule has 0 amide bonds. The Kier molecular flexibility index (Phi) is 5.24. The minimum Gasteiger partial charge on any atom is -0.390 e. The lowest BCUT2D eigenvalue weighted by Gasteiger charge is -2.46. The molecule has 1 aromatic carbocycles. The number of nitrogens with one attached hydrogen (secondary N) is 2. The van der Waals surface area contributed by atoms with Gasteiger partial charge < -0.3 is 20.7 Å². The zero-order valence-corrected chi connectivity index (χ0v) is 15.9. The van der Waals surface area contributed by atoms with Crippen LogP contribution in [0.1, 0.15) is 25.0 Å². The van der Waals surface area contributed by atoms with Crippen molar-refractivity contribution in [2.24, 2.45) is 5.92 Å². The highest BCUT2D eigenvalue weighted by Crippen LogP contribution is 2.36. The Bertz CT molecular complexity index is 892. The van der Waals surface area contributed by atoms with Gasteiger partial charge in [0.05, 0.1) is 16.7 Å². The molecule has 150 valence electrons. The van der Waals surface area contributed by atoms with Crippen LogP contribution >= 0.6 is 11.6 Å². The summed E-state index contributed by atoms with van der Waals surface area (Å²) in [6, 6.07) is 4.67. The normalized spacial score (nSPS) is 15.3. The number of benzene rings is 1. The molecule has 10 heteroatoms. The lowest BCUT2D eigenvalue weighted by Crippen LogP contribution is -2.56. The van der Waals surface area contributed by atoms with Crippen LogP contribution in [0.2, 0.25) is 5.28 Å². The second kappa shape index (κ2) is 7.21. The largest absolute Gasteiger partial charge is 0.416 e. The molecule has 1 saturated heterocycles. The van der Waals surface area contributed by atoms with Gasteiger partial charge in [-0.3, -0.25) is 0 Å². The predicted octanol–water partition coefficient (Wildman–Crippen LogP) is 4.10. The molecule has 1 fully saturated rings. The first-order valence-electron chi connectivity index (χ1n) is 8.48. The maximum atomic E-state index is 12.9. The van der Waals surface area contributed by atoms with Gasteiger partial charge in [0.1, 0.15) is 11.6 Å². The Morgan fingerprint density at radius 3 is 2.54 bits per heavy atom. The zero-order chi connectivity index (χ0) is 20.7. The number of aliphatic hydroxyl groups is 1. The number of nitrogens with zero attached hydrogens (tertiary/aromatic N) is 3. The number of alkyl halides is 3. The fourth-order valence-electron chi connectivity index (χ4n) is 2.91. The summed E-state index contributed by atoms with van der Waals surface area (Å²) < 4.78 is 38.8. The Hall–Kier alpha value is -2.39. The summed E-state index contributed by atoms with van der Waals surface area (Å²) in [6.45, 7) is 4.47. The highest BCUT2D eigenvalue weighted by molar-refractivity contribution is 6.28. The van der Waals surface area contributed by atoms with Crippen LogP contribution < -0.4 is 10.2 Å². The molecule has 1 aliphatic rings. The number of anilines is 3. The quantitative estimate of drug-likeness (QED) is 0.507. The first kappa shape index (κ1) is 20.3. The third-order valence-corrected chi connectivity index (χ3v) is 4.84. The van der Waals surface area contributed by atoms with Crippen LogP contribution in [-0.2, 0) is 6.18 Å². The SMILES string of the molecule is CC(C)(O)C1CN(c2nc(Cl)nc(Nc3cccc(C(F)(F)F)c3)c2C=N)C1. The van der Waals surface area contributed by atoms with Crippen LogP contribution in [0.3, 0.4) is 0 Å². The minimum atomic E-state index is -4.47. The fraction of sp³-hybridized carbons (Fsp3) is 0.389. The van der Waals surface area contributed by atoms with Gasteiger partial charge in [-0.2, -0.15) is 23.1 Å². The van der Waals surface area contributed by atoms with E-state index in [9.17, 15) is 18.3 Å². The molecule has 28 heavy (non-hydrogen) atoms. The number of aromatic nitrogens is 2. The maximum absolute atomic E-state index is 12.9. The minimum absolute atomic E-state index is 0.0275. The van der Waals surface area contributed by atoms with Crippen molar-refractivity contribution >= 4 is 35.1 Å². The van der Waals surface area contributed by atoms with Crippen molar-refractivity contribution in [2.75, 3.05) is 23.3 Å². The number of halogens is 4. The average Bonchev–Trinajstić information content (AvgIpc) is 2.51. The van der Waals surface area contributed by atoms with Crippen LogP contribution in [0.4, 0.5) is 30.5 Å². The smallest absolute Gasteiger partial charge is 0.390 e. The molecule has 0 atom stereocenters. The Balaban J connectivity index is 1.91. The summed E-state index contributed by atoms with van der Waals surface area (Å²) in [6.07, 6.45) is -3.45. The summed E-state index contributed by atoms with van der Waals surface area (Å²) in [5.74, 6) is 0.556. The predicted molar refractivity (Wildman–Crippen MR) is 102 cm³/mol. The van der Waals surface area contributed by atoms with Crippen molar-refractivity contribution in [3.63, 3.8) is 0 Å². The van der Waals surface area contributed by atoms with E-state index >= 15 is 0 Å². The number of hydrogen-bond acceptors (Lipinski definition) is 6. The van der Waals surface area contributed by atoms with Gasteiger partial charge in [-0.25, -0.2) is 0 Å². The molecule has 0 spiro atoms.